The highest BCUT2D eigenvalue weighted by atomic mass is 32.2. The zero-order valence-electron chi connectivity index (χ0n) is 23.2. The second kappa shape index (κ2) is 12.3. The molecular formula is C30H33F3N4O4S. The summed E-state index contributed by atoms with van der Waals surface area (Å²) in [5.41, 5.74) is 2.40. The number of nitrogens with one attached hydrogen (secondary N) is 2. The number of aromatic nitrogens is 1. The molecule has 12 heteroatoms. The Hall–Kier alpha value is -3.64. The molecule has 2 saturated heterocycles. The minimum absolute atomic E-state index is 0.145. The van der Waals surface area contributed by atoms with Crippen molar-refractivity contribution in [2.45, 2.75) is 31.6 Å². The van der Waals surface area contributed by atoms with Gasteiger partial charge in [-0.3, -0.25) is 19.2 Å². The van der Waals surface area contributed by atoms with Crippen LogP contribution in [-0.4, -0.2) is 73.9 Å². The maximum atomic E-state index is 13.9. The molecule has 2 N–H and O–H groups in total. The molecule has 2 fully saturated rings. The Labute approximate surface area is 242 Å². The van der Waals surface area contributed by atoms with E-state index in [0.717, 1.165) is 72.9 Å². The van der Waals surface area contributed by atoms with E-state index in [9.17, 15) is 31.2 Å². The van der Waals surface area contributed by atoms with Gasteiger partial charge in [-0.2, -0.15) is 0 Å². The summed E-state index contributed by atoms with van der Waals surface area (Å²) in [5.74, 6) is -4.28. The maximum absolute atomic E-state index is 13.9. The fraction of sp³-hybridized carbons (Fsp3) is 0.400. The number of hydrogen-bond donors (Lipinski definition) is 2. The number of carbonyl (C=O) groups excluding carboxylic acids is 2. The first-order valence-electron chi connectivity index (χ1n) is 13.9. The minimum Gasteiger partial charge on any atom is -0.361 e. The van der Waals surface area contributed by atoms with Crippen LogP contribution in [-0.2, 0) is 19.6 Å². The summed E-state index contributed by atoms with van der Waals surface area (Å²) < 4.78 is 66.2. The smallest absolute Gasteiger partial charge is 0.246 e. The van der Waals surface area contributed by atoms with Crippen LogP contribution in [0.5, 0.6) is 0 Å². The van der Waals surface area contributed by atoms with Gasteiger partial charge in [-0.15, -0.1) is 0 Å². The highest BCUT2D eigenvalue weighted by molar-refractivity contribution is 7.92. The Morgan fingerprint density at radius 1 is 1.00 bits per heavy atom. The molecule has 2 aliphatic rings. The lowest BCUT2D eigenvalue weighted by molar-refractivity contribution is -0.131. The van der Waals surface area contributed by atoms with Crippen molar-refractivity contribution in [1.82, 2.24) is 14.8 Å². The van der Waals surface area contributed by atoms with Crippen molar-refractivity contribution in [3.8, 4) is 0 Å². The second-order valence-electron chi connectivity index (χ2n) is 11.1. The first-order valence-corrected chi connectivity index (χ1v) is 15.8. The number of rotatable bonds is 8. The van der Waals surface area contributed by atoms with Crippen molar-refractivity contribution < 1.29 is 31.2 Å². The van der Waals surface area contributed by atoms with Crippen LogP contribution in [0.1, 0.15) is 42.7 Å². The number of benzene rings is 2. The van der Waals surface area contributed by atoms with Crippen molar-refractivity contribution in [1.29, 1.82) is 0 Å². The zero-order chi connectivity index (χ0) is 30.0. The van der Waals surface area contributed by atoms with E-state index in [1.807, 2.05) is 18.3 Å². The van der Waals surface area contributed by atoms with Gasteiger partial charge in [-0.1, -0.05) is 0 Å². The van der Waals surface area contributed by atoms with Gasteiger partial charge in [0.15, 0.2) is 17.5 Å². The van der Waals surface area contributed by atoms with Gasteiger partial charge in [0.25, 0.3) is 0 Å². The van der Waals surface area contributed by atoms with Crippen LogP contribution in [0.3, 0.4) is 0 Å². The number of H-pyrrole nitrogens is 1. The fourth-order valence-electron chi connectivity index (χ4n) is 5.87. The number of amides is 1. The van der Waals surface area contributed by atoms with E-state index in [4.69, 9.17) is 0 Å². The van der Waals surface area contributed by atoms with Crippen molar-refractivity contribution >= 4 is 44.4 Å². The number of likely N-dealkylation sites (tertiary alicyclic amines) is 2. The third kappa shape index (κ3) is 6.87. The standard InChI is InChI=1S/C30H33F3N4O4S/c1-42(40,41)35-22-4-6-26-23(16-22)24(17-34-26)19-8-12-36(13-9-19)18-27(38)20-10-14-37(15-11-20)28(39)7-3-21-2-5-25(31)30(33)29(21)32/h2-7,16-17,19-20,34-35H,8-15,18H2,1H3. The van der Waals surface area contributed by atoms with E-state index < -0.39 is 27.5 Å². The molecule has 3 aromatic rings. The summed E-state index contributed by atoms with van der Waals surface area (Å²) in [6.07, 6.45) is 8.20. The maximum Gasteiger partial charge on any atom is 0.246 e. The molecule has 0 spiro atoms. The van der Waals surface area contributed by atoms with Gasteiger partial charge < -0.3 is 9.88 Å². The summed E-state index contributed by atoms with van der Waals surface area (Å²) in [6.45, 7) is 2.67. The topological polar surface area (TPSA) is 103 Å². The highest BCUT2D eigenvalue weighted by Gasteiger charge is 2.30. The summed E-state index contributed by atoms with van der Waals surface area (Å²) in [5, 5.41) is 0.990. The monoisotopic (exact) mass is 602 g/mol. The molecule has 0 aliphatic carbocycles. The molecule has 224 valence electrons. The van der Waals surface area contributed by atoms with Gasteiger partial charge in [-0.05, 0) is 86.7 Å². The number of carbonyl (C=O) groups is 2. The summed E-state index contributed by atoms with van der Waals surface area (Å²) >= 11 is 0. The van der Waals surface area contributed by atoms with E-state index >= 15 is 0 Å². The van der Waals surface area contributed by atoms with Crippen LogP contribution in [0.25, 0.3) is 17.0 Å². The lowest BCUT2D eigenvalue weighted by Crippen LogP contribution is -2.43. The Morgan fingerprint density at radius 2 is 1.71 bits per heavy atom. The fourth-order valence-corrected chi connectivity index (χ4v) is 6.42. The number of sulfonamides is 1. The predicted molar refractivity (Wildman–Crippen MR) is 155 cm³/mol. The predicted octanol–water partition coefficient (Wildman–Crippen LogP) is 4.66. The lowest BCUT2D eigenvalue weighted by Gasteiger charge is -2.34. The first-order chi connectivity index (χ1) is 20.0. The van der Waals surface area contributed by atoms with Crippen LogP contribution in [0, 0.1) is 23.4 Å². The van der Waals surface area contributed by atoms with Gasteiger partial charge in [0.05, 0.1) is 12.8 Å². The van der Waals surface area contributed by atoms with Crippen molar-refractivity contribution in [3.63, 3.8) is 0 Å². The molecule has 3 heterocycles. The van der Waals surface area contributed by atoms with E-state index in [2.05, 4.69) is 14.6 Å². The molecule has 1 amide bonds. The van der Waals surface area contributed by atoms with Crippen molar-refractivity contribution in [2.24, 2.45) is 5.92 Å². The number of nitrogens with zero attached hydrogens (tertiary/aromatic N) is 2. The molecular weight excluding hydrogens is 569 g/mol. The van der Waals surface area contributed by atoms with E-state index in [1.165, 1.54) is 0 Å². The summed E-state index contributed by atoms with van der Waals surface area (Å²) in [7, 11) is -3.37. The van der Waals surface area contributed by atoms with Gasteiger partial charge in [0, 0.05) is 53.4 Å². The van der Waals surface area contributed by atoms with Crippen LogP contribution in [0.4, 0.5) is 18.9 Å². The largest absolute Gasteiger partial charge is 0.361 e. The zero-order valence-corrected chi connectivity index (χ0v) is 24.0. The Kier molecular flexibility index (Phi) is 8.74. The average Bonchev–Trinajstić information content (AvgIpc) is 3.38. The number of aromatic amines is 1. The van der Waals surface area contributed by atoms with Gasteiger partial charge in [-0.25, -0.2) is 21.6 Å². The number of halogens is 3. The molecule has 0 atom stereocenters. The molecule has 8 nitrogen and oxygen atoms in total. The Morgan fingerprint density at radius 3 is 2.40 bits per heavy atom. The number of hydrogen-bond acceptors (Lipinski definition) is 5. The SMILES string of the molecule is CS(=O)(=O)Nc1ccc2[nH]cc(C3CCN(CC(=O)C4CCN(C(=O)C=Cc5ccc(F)c(F)c5F)CC4)CC3)c2c1. The molecule has 42 heavy (non-hydrogen) atoms. The number of fused-ring (bicyclic) bond motifs is 1. The first kappa shape index (κ1) is 29.8. The van der Waals surface area contributed by atoms with Crippen LogP contribution < -0.4 is 4.72 Å². The van der Waals surface area contributed by atoms with E-state index in [1.54, 1.807) is 11.0 Å². The summed E-state index contributed by atoms with van der Waals surface area (Å²) in [4.78, 5) is 32.6. The highest BCUT2D eigenvalue weighted by Crippen LogP contribution is 2.34. The van der Waals surface area contributed by atoms with E-state index in [-0.39, 0.29) is 23.2 Å². The van der Waals surface area contributed by atoms with Crippen LogP contribution in [0.15, 0.2) is 42.6 Å². The van der Waals surface area contributed by atoms with Gasteiger partial charge in [0.1, 0.15) is 5.78 Å². The molecule has 2 aromatic carbocycles. The molecule has 5 rings (SSSR count). The number of piperidine rings is 2. The molecule has 0 radical (unpaired) electrons. The molecule has 0 unspecified atom stereocenters. The van der Waals surface area contributed by atoms with Gasteiger partial charge in [0.2, 0.25) is 15.9 Å². The minimum atomic E-state index is -3.37. The normalized spacial score (nSPS) is 17.8. The number of anilines is 1. The molecule has 0 bridgehead atoms. The third-order valence-electron chi connectivity index (χ3n) is 8.16. The number of ketones is 1. The lowest BCUT2D eigenvalue weighted by atomic mass is 9.88. The molecule has 1 aromatic heterocycles. The quantitative estimate of drug-likeness (QED) is 0.289. The van der Waals surface area contributed by atoms with Gasteiger partial charge >= 0.3 is 0 Å². The van der Waals surface area contributed by atoms with Crippen molar-refractivity contribution in [3.05, 3.63) is 71.2 Å². The molecule has 0 saturated carbocycles. The third-order valence-corrected chi connectivity index (χ3v) is 8.76. The number of Topliss-reactive ketones (excluding diaryl/α,β-unsaturated/α-hetero) is 1. The van der Waals surface area contributed by atoms with Crippen LogP contribution >= 0.6 is 0 Å². The van der Waals surface area contributed by atoms with E-state index in [0.29, 0.717) is 44.1 Å². The van der Waals surface area contributed by atoms with Crippen molar-refractivity contribution in [2.75, 3.05) is 43.7 Å². The Balaban J connectivity index is 1.10. The summed E-state index contributed by atoms with van der Waals surface area (Å²) in [6, 6.07) is 7.32. The average molecular weight is 603 g/mol. The Bertz CT molecular complexity index is 1620. The van der Waals surface area contributed by atoms with Crippen LogP contribution in [0.2, 0.25) is 0 Å². The molecule has 2 aliphatic heterocycles. The second-order valence-corrected chi connectivity index (χ2v) is 12.8.